The summed E-state index contributed by atoms with van der Waals surface area (Å²) in [6, 6.07) is 0. The lowest BCUT2D eigenvalue weighted by molar-refractivity contribution is -0.140. The van der Waals surface area contributed by atoms with Crippen molar-refractivity contribution in [3.05, 3.63) is 12.2 Å². The standard InChI is InChI=1S/C16H30O2/c1-4-15(2)13-11-9-7-5-6-8-10-12-14-16(17)18-3/h9,11,15H,4-8,10,12-14H2,1-3H3. The maximum absolute atomic E-state index is 10.9. The zero-order valence-corrected chi connectivity index (χ0v) is 12.4. The number of carbonyl (C=O) groups excluding carboxylic acids is 1. The molecule has 0 saturated carbocycles. The minimum atomic E-state index is -0.0806. The maximum atomic E-state index is 10.9. The summed E-state index contributed by atoms with van der Waals surface area (Å²) in [6.07, 6.45) is 14.8. The molecule has 18 heavy (non-hydrogen) atoms. The molecule has 2 nitrogen and oxygen atoms in total. The van der Waals surface area contributed by atoms with Crippen LogP contribution in [0.1, 0.15) is 71.6 Å². The van der Waals surface area contributed by atoms with Crippen molar-refractivity contribution in [2.45, 2.75) is 71.6 Å². The van der Waals surface area contributed by atoms with E-state index in [0.29, 0.717) is 6.42 Å². The summed E-state index contributed by atoms with van der Waals surface area (Å²) in [5, 5.41) is 0. The number of unbranched alkanes of at least 4 members (excludes halogenated alkanes) is 5. The maximum Gasteiger partial charge on any atom is 0.305 e. The molecule has 0 bridgehead atoms. The number of esters is 1. The summed E-state index contributed by atoms with van der Waals surface area (Å²) in [6.45, 7) is 4.54. The molecule has 0 fully saturated rings. The molecule has 0 rings (SSSR count). The zero-order valence-electron chi connectivity index (χ0n) is 12.4. The normalized spacial score (nSPS) is 12.8. The summed E-state index contributed by atoms with van der Waals surface area (Å²) in [5.41, 5.74) is 0. The second-order valence-corrected chi connectivity index (χ2v) is 5.10. The second-order valence-electron chi connectivity index (χ2n) is 5.10. The van der Waals surface area contributed by atoms with Gasteiger partial charge in [-0.15, -0.1) is 0 Å². The van der Waals surface area contributed by atoms with Gasteiger partial charge in [0, 0.05) is 6.42 Å². The average Bonchev–Trinajstić information content (AvgIpc) is 2.40. The quantitative estimate of drug-likeness (QED) is 0.298. The predicted octanol–water partition coefficient (Wildman–Crippen LogP) is 4.88. The number of hydrogen-bond donors (Lipinski definition) is 0. The van der Waals surface area contributed by atoms with Crippen LogP contribution < -0.4 is 0 Å². The molecule has 0 aromatic rings. The number of rotatable bonds is 11. The fourth-order valence-corrected chi connectivity index (χ4v) is 1.78. The number of ether oxygens (including phenoxy) is 1. The molecule has 0 aliphatic heterocycles. The summed E-state index contributed by atoms with van der Waals surface area (Å²) in [7, 11) is 1.45. The zero-order chi connectivity index (χ0) is 13.6. The van der Waals surface area contributed by atoms with Crippen LogP contribution in [-0.4, -0.2) is 13.1 Å². The van der Waals surface area contributed by atoms with Crippen molar-refractivity contribution in [1.29, 1.82) is 0 Å². The van der Waals surface area contributed by atoms with Gasteiger partial charge in [0.15, 0.2) is 0 Å². The molecule has 1 unspecified atom stereocenters. The van der Waals surface area contributed by atoms with E-state index in [-0.39, 0.29) is 5.97 Å². The fraction of sp³-hybridized carbons (Fsp3) is 0.812. The Morgan fingerprint density at radius 2 is 1.78 bits per heavy atom. The fourth-order valence-electron chi connectivity index (χ4n) is 1.78. The van der Waals surface area contributed by atoms with Gasteiger partial charge in [-0.1, -0.05) is 51.7 Å². The van der Waals surface area contributed by atoms with Crippen LogP contribution in [0.15, 0.2) is 12.2 Å². The molecule has 0 N–H and O–H groups in total. The average molecular weight is 254 g/mol. The lowest BCUT2D eigenvalue weighted by atomic mass is 10.0. The minimum absolute atomic E-state index is 0.0806. The van der Waals surface area contributed by atoms with Crippen LogP contribution in [0.25, 0.3) is 0 Å². The van der Waals surface area contributed by atoms with Gasteiger partial charge in [-0.05, 0) is 31.6 Å². The molecule has 0 aliphatic rings. The van der Waals surface area contributed by atoms with Crippen LogP contribution in [0, 0.1) is 5.92 Å². The predicted molar refractivity (Wildman–Crippen MR) is 77.5 cm³/mol. The first-order valence-corrected chi connectivity index (χ1v) is 7.42. The van der Waals surface area contributed by atoms with Gasteiger partial charge in [-0.25, -0.2) is 0 Å². The van der Waals surface area contributed by atoms with Gasteiger partial charge < -0.3 is 4.74 Å². The van der Waals surface area contributed by atoms with Crippen LogP contribution in [0.4, 0.5) is 0 Å². The number of methoxy groups -OCH3 is 1. The van der Waals surface area contributed by atoms with Crippen LogP contribution in [-0.2, 0) is 9.53 Å². The SMILES string of the molecule is CCC(C)CC=CCCCCCCCC(=O)OC. The third-order valence-electron chi connectivity index (χ3n) is 3.38. The topological polar surface area (TPSA) is 26.3 Å². The largest absolute Gasteiger partial charge is 0.469 e. The van der Waals surface area contributed by atoms with E-state index in [1.54, 1.807) is 0 Å². The first kappa shape index (κ1) is 17.2. The highest BCUT2D eigenvalue weighted by molar-refractivity contribution is 5.68. The molecule has 0 aliphatic carbocycles. The molecular weight excluding hydrogens is 224 g/mol. The van der Waals surface area contributed by atoms with Gasteiger partial charge in [-0.2, -0.15) is 0 Å². The van der Waals surface area contributed by atoms with Crippen molar-refractivity contribution in [3.63, 3.8) is 0 Å². The highest BCUT2D eigenvalue weighted by Gasteiger charge is 1.98. The molecule has 0 spiro atoms. The molecule has 0 aromatic carbocycles. The van der Waals surface area contributed by atoms with E-state index >= 15 is 0 Å². The molecule has 2 heteroatoms. The first-order valence-electron chi connectivity index (χ1n) is 7.42. The van der Waals surface area contributed by atoms with Crippen LogP contribution in [0.5, 0.6) is 0 Å². The van der Waals surface area contributed by atoms with E-state index in [4.69, 9.17) is 0 Å². The smallest absolute Gasteiger partial charge is 0.305 e. The van der Waals surface area contributed by atoms with Crippen molar-refractivity contribution < 1.29 is 9.53 Å². The van der Waals surface area contributed by atoms with Crippen molar-refractivity contribution in [1.82, 2.24) is 0 Å². The lowest BCUT2D eigenvalue weighted by Gasteiger charge is -2.02. The Morgan fingerprint density at radius 3 is 2.44 bits per heavy atom. The first-order chi connectivity index (χ1) is 8.70. The Labute approximate surface area is 113 Å². The molecule has 0 saturated heterocycles. The van der Waals surface area contributed by atoms with E-state index in [9.17, 15) is 4.79 Å². The van der Waals surface area contributed by atoms with Gasteiger partial charge in [-0.3, -0.25) is 4.79 Å². The Hall–Kier alpha value is -0.790. The molecule has 0 amide bonds. The molecular formula is C16H30O2. The highest BCUT2D eigenvalue weighted by Crippen LogP contribution is 2.10. The molecule has 0 aromatic heterocycles. The summed E-state index contributed by atoms with van der Waals surface area (Å²) in [4.78, 5) is 10.9. The Bertz CT molecular complexity index is 221. The third-order valence-corrected chi connectivity index (χ3v) is 3.38. The molecule has 0 heterocycles. The number of allylic oxidation sites excluding steroid dienone is 2. The van der Waals surface area contributed by atoms with Crippen LogP contribution >= 0.6 is 0 Å². The number of carbonyl (C=O) groups is 1. The summed E-state index contributed by atoms with van der Waals surface area (Å²) < 4.78 is 4.60. The van der Waals surface area contributed by atoms with Gasteiger partial charge in [0.05, 0.1) is 7.11 Å². The summed E-state index contributed by atoms with van der Waals surface area (Å²) >= 11 is 0. The molecule has 1 atom stereocenters. The van der Waals surface area contributed by atoms with E-state index in [1.165, 1.54) is 45.6 Å². The van der Waals surface area contributed by atoms with Gasteiger partial charge in [0.1, 0.15) is 0 Å². The monoisotopic (exact) mass is 254 g/mol. The third kappa shape index (κ3) is 11.7. The van der Waals surface area contributed by atoms with Crippen LogP contribution in [0.3, 0.4) is 0 Å². The second kappa shape index (κ2) is 12.7. The van der Waals surface area contributed by atoms with E-state index in [0.717, 1.165) is 18.8 Å². The lowest BCUT2D eigenvalue weighted by Crippen LogP contribution is -1.99. The summed E-state index contributed by atoms with van der Waals surface area (Å²) in [5.74, 6) is 0.738. The van der Waals surface area contributed by atoms with E-state index in [1.807, 2.05) is 0 Å². The van der Waals surface area contributed by atoms with Crippen molar-refractivity contribution in [2.24, 2.45) is 5.92 Å². The van der Waals surface area contributed by atoms with E-state index < -0.39 is 0 Å². The highest BCUT2D eigenvalue weighted by atomic mass is 16.5. The Morgan fingerprint density at radius 1 is 1.11 bits per heavy atom. The van der Waals surface area contributed by atoms with E-state index in [2.05, 4.69) is 30.7 Å². The van der Waals surface area contributed by atoms with Crippen molar-refractivity contribution in [2.75, 3.05) is 7.11 Å². The number of hydrogen-bond acceptors (Lipinski definition) is 2. The Kier molecular flexibility index (Phi) is 12.1. The van der Waals surface area contributed by atoms with Crippen molar-refractivity contribution >= 4 is 5.97 Å². The van der Waals surface area contributed by atoms with Crippen LogP contribution in [0.2, 0.25) is 0 Å². The van der Waals surface area contributed by atoms with Gasteiger partial charge in [0.25, 0.3) is 0 Å². The van der Waals surface area contributed by atoms with Gasteiger partial charge >= 0.3 is 5.97 Å². The minimum Gasteiger partial charge on any atom is -0.469 e. The Balaban J connectivity index is 3.18. The van der Waals surface area contributed by atoms with Gasteiger partial charge in [0.2, 0.25) is 0 Å². The molecule has 106 valence electrons. The molecule has 0 radical (unpaired) electrons. The van der Waals surface area contributed by atoms with Crippen molar-refractivity contribution in [3.8, 4) is 0 Å².